The van der Waals surface area contributed by atoms with Gasteiger partial charge in [-0.15, -0.1) is 0 Å². The first kappa shape index (κ1) is 20.1. The van der Waals surface area contributed by atoms with E-state index in [1.807, 2.05) is 12.2 Å². The molecule has 3 rings (SSSR count). The summed E-state index contributed by atoms with van der Waals surface area (Å²) in [4.78, 5) is 50.1. The van der Waals surface area contributed by atoms with E-state index in [2.05, 4.69) is 5.32 Å². The number of imide groups is 1. The second kappa shape index (κ2) is 8.56. The third-order valence-electron chi connectivity index (χ3n) is 4.95. The van der Waals surface area contributed by atoms with Gasteiger partial charge in [0.25, 0.3) is 5.91 Å². The zero-order valence-electron chi connectivity index (χ0n) is 15.4. The average molecular weight is 405 g/mol. The number of rotatable bonds is 6. The van der Waals surface area contributed by atoms with Gasteiger partial charge >= 0.3 is 5.97 Å². The summed E-state index contributed by atoms with van der Waals surface area (Å²) in [5, 5.41) is 2.96. The smallest absolute Gasteiger partial charge is 0.308 e. The van der Waals surface area contributed by atoms with Gasteiger partial charge in [0, 0.05) is 6.54 Å². The molecule has 0 spiro atoms. The van der Waals surface area contributed by atoms with E-state index in [1.165, 1.54) is 6.92 Å². The molecule has 1 heterocycles. The molecule has 1 fully saturated rings. The molecule has 0 unspecified atom stereocenters. The van der Waals surface area contributed by atoms with Crippen molar-refractivity contribution in [2.75, 3.05) is 11.9 Å². The molecule has 1 aromatic rings. The van der Waals surface area contributed by atoms with Crippen molar-refractivity contribution >= 4 is 41.0 Å². The summed E-state index contributed by atoms with van der Waals surface area (Å²) in [5.41, 5.74) is 0.418. The number of benzene rings is 1. The van der Waals surface area contributed by atoms with E-state index in [0.717, 1.165) is 4.90 Å². The summed E-state index contributed by atoms with van der Waals surface area (Å²) in [6.07, 6.45) is 3.71. The highest BCUT2D eigenvalue weighted by molar-refractivity contribution is 6.33. The van der Waals surface area contributed by atoms with Gasteiger partial charge in [-0.3, -0.25) is 24.1 Å². The molecule has 0 radical (unpaired) electrons. The largest absolute Gasteiger partial charge is 0.452 e. The van der Waals surface area contributed by atoms with E-state index in [4.69, 9.17) is 16.3 Å². The van der Waals surface area contributed by atoms with E-state index < -0.39 is 18.0 Å². The van der Waals surface area contributed by atoms with Gasteiger partial charge in [-0.2, -0.15) is 0 Å². The number of esters is 1. The number of para-hydroxylation sites is 1. The molecule has 1 aromatic carbocycles. The Morgan fingerprint density at radius 1 is 1.18 bits per heavy atom. The van der Waals surface area contributed by atoms with Crippen molar-refractivity contribution in [1.29, 1.82) is 0 Å². The van der Waals surface area contributed by atoms with Gasteiger partial charge in [-0.05, 0) is 31.9 Å². The van der Waals surface area contributed by atoms with Crippen LogP contribution >= 0.6 is 11.6 Å². The number of fused-ring (bicyclic) bond motifs is 1. The Morgan fingerprint density at radius 3 is 2.39 bits per heavy atom. The molecule has 148 valence electrons. The normalized spacial score (nSPS) is 22.0. The first-order valence-corrected chi connectivity index (χ1v) is 9.51. The molecule has 3 amide bonds. The van der Waals surface area contributed by atoms with Gasteiger partial charge in [-0.1, -0.05) is 35.9 Å². The van der Waals surface area contributed by atoms with Crippen LogP contribution in [0.5, 0.6) is 0 Å². The Morgan fingerprint density at radius 2 is 1.79 bits per heavy atom. The van der Waals surface area contributed by atoms with Gasteiger partial charge < -0.3 is 10.1 Å². The molecule has 1 saturated heterocycles. The maximum absolute atomic E-state index is 12.4. The van der Waals surface area contributed by atoms with E-state index in [-0.39, 0.29) is 36.6 Å². The highest BCUT2D eigenvalue weighted by Gasteiger charge is 2.47. The predicted molar refractivity (Wildman–Crippen MR) is 102 cm³/mol. The summed E-state index contributed by atoms with van der Waals surface area (Å²) in [5.74, 6) is -2.31. The lowest BCUT2D eigenvalue weighted by atomic mass is 9.85. The molecule has 1 aliphatic carbocycles. The fourth-order valence-electron chi connectivity index (χ4n) is 3.40. The highest BCUT2D eigenvalue weighted by atomic mass is 35.5. The van der Waals surface area contributed by atoms with E-state index in [1.54, 1.807) is 24.3 Å². The van der Waals surface area contributed by atoms with Crippen molar-refractivity contribution < 1.29 is 23.9 Å². The summed E-state index contributed by atoms with van der Waals surface area (Å²) < 4.78 is 5.12. The fourth-order valence-corrected chi connectivity index (χ4v) is 3.58. The number of halogens is 1. The van der Waals surface area contributed by atoms with Crippen LogP contribution in [0.4, 0.5) is 5.69 Å². The standard InChI is InChI=1S/C20H21ClN2O5/c1-12(18(25)22-16-9-5-4-8-15(16)21)28-17(24)10-11-23-19(26)13-6-2-3-7-14(13)20(23)27/h2-5,8-9,12-14H,6-7,10-11H2,1H3,(H,22,25)/t12-,13-,14+/m1/s1. The monoisotopic (exact) mass is 404 g/mol. The first-order valence-electron chi connectivity index (χ1n) is 9.13. The molecule has 3 atom stereocenters. The predicted octanol–water partition coefficient (Wildman–Crippen LogP) is 2.55. The Hall–Kier alpha value is -2.67. The molecule has 1 aliphatic heterocycles. The Bertz CT molecular complexity index is 812. The zero-order chi connectivity index (χ0) is 20.3. The van der Waals surface area contributed by atoms with Crippen molar-refractivity contribution in [3.05, 3.63) is 41.4 Å². The fraction of sp³-hybridized carbons (Fsp3) is 0.400. The summed E-state index contributed by atoms with van der Waals surface area (Å²) in [6, 6.07) is 6.71. The van der Waals surface area contributed by atoms with Crippen molar-refractivity contribution in [3.8, 4) is 0 Å². The molecule has 8 heteroatoms. The zero-order valence-corrected chi connectivity index (χ0v) is 16.1. The summed E-state index contributed by atoms with van der Waals surface area (Å²) in [6.45, 7) is 1.40. The highest BCUT2D eigenvalue weighted by Crippen LogP contribution is 2.35. The van der Waals surface area contributed by atoms with Crippen LogP contribution < -0.4 is 5.32 Å². The maximum atomic E-state index is 12.4. The van der Waals surface area contributed by atoms with Crippen molar-refractivity contribution in [2.45, 2.75) is 32.3 Å². The Kier molecular flexibility index (Phi) is 6.14. The van der Waals surface area contributed by atoms with Gasteiger partial charge in [0.05, 0.1) is 29.0 Å². The van der Waals surface area contributed by atoms with Crippen LogP contribution in [-0.4, -0.2) is 41.2 Å². The van der Waals surface area contributed by atoms with E-state index in [9.17, 15) is 19.2 Å². The van der Waals surface area contributed by atoms with Crippen LogP contribution in [0.15, 0.2) is 36.4 Å². The lowest BCUT2D eigenvalue weighted by Gasteiger charge is -2.16. The number of carbonyl (C=O) groups excluding carboxylic acids is 4. The number of ether oxygens (including phenoxy) is 1. The number of carbonyl (C=O) groups is 4. The Balaban J connectivity index is 1.49. The molecular weight excluding hydrogens is 384 g/mol. The van der Waals surface area contributed by atoms with Crippen LogP contribution in [0.2, 0.25) is 5.02 Å². The van der Waals surface area contributed by atoms with E-state index >= 15 is 0 Å². The molecule has 0 aromatic heterocycles. The number of hydrogen-bond donors (Lipinski definition) is 1. The summed E-state index contributed by atoms with van der Waals surface area (Å²) >= 11 is 5.98. The van der Waals surface area contributed by atoms with E-state index in [0.29, 0.717) is 23.6 Å². The van der Waals surface area contributed by atoms with Gasteiger partial charge in [-0.25, -0.2) is 0 Å². The van der Waals surface area contributed by atoms with Gasteiger partial charge in [0.2, 0.25) is 11.8 Å². The molecule has 7 nitrogen and oxygen atoms in total. The number of anilines is 1. The minimum atomic E-state index is -1.04. The van der Waals surface area contributed by atoms with Crippen molar-refractivity contribution in [3.63, 3.8) is 0 Å². The van der Waals surface area contributed by atoms with Crippen LogP contribution in [0.25, 0.3) is 0 Å². The van der Waals surface area contributed by atoms with Crippen LogP contribution in [0, 0.1) is 11.8 Å². The third-order valence-corrected chi connectivity index (χ3v) is 5.28. The Labute approximate surface area is 167 Å². The number of amides is 3. The average Bonchev–Trinajstić information content (AvgIpc) is 2.92. The van der Waals surface area contributed by atoms with Crippen LogP contribution in [0.3, 0.4) is 0 Å². The number of hydrogen-bond acceptors (Lipinski definition) is 5. The van der Waals surface area contributed by atoms with Crippen LogP contribution in [0.1, 0.15) is 26.2 Å². The quantitative estimate of drug-likeness (QED) is 0.447. The molecule has 2 aliphatic rings. The third kappa shape index (κ3) is 4.25. The van der Waals surface area contributed by atoms with Gasteiger partial charge in [0.15, 0.2) is 6.10 Å². The maximum Gasteiger partial charge on any atom is 0.308 e. The number of allylic oxidation sites excluding steroid dienone is 2. The second-order valence-electron chi connectivity index (χ2n) is 6.84. The minimum Gasteiger partial charge on any atom is -0.452 e. The second-order valence-corrected chi connectivity index (χ2v) is 7.24. The van der Waals surface area contributed by atoms with Gasteiger partial charge in [0.1, 0.15) is 0 Å². The minimum absolute atomic E-state index is 0.0393. The van der Waals surface area contributed by atoms with Crippen molar-refractivity contribution in [1.82, 2.24) is 4.90 Å². The molecule has 1 N–H and O–H groups in total. The molecule has 28 heavy (non-hydrogen) atoms. The lowest BCUT2D eigenvalue weighted by molar-refractivity contribution is -0.154. The topological polar surface area (TPSA) is 92.8 Å². The molecular formula is C20H21ClN2O5. The molecule has 0 bridgehead atoms. The SMILES string of the molecule is C[C@@H](OC(=O)CCN1C(=O)[C@H]2CC=CC[C@H]2C1=O)C(=O)Nc1ccccc1Cl. The number of nitrogens with zero attached hydrogens (tertiary/aromatic N) is 1. The number of nitrogens with one attached hydrogen (secondary N) is 1. The van der Waals surface area contributed by atoms with Crippen LogP contribution in [-0.2, 0) is 23.9 Å². The lowest BCUT2D eigenvalue weighted by Crippen LogP contribution is -2.35. The first-order chi connectivity index (χ1) is 13.4. The molecule has 0 saturated carbocycles. The van der Waals surface area contributed by atoms with Crippen molar-refractivity contribution in [2.24, 2.45) is 11.8 Å². The summed E-state index contributed by atoms with van der Waals surface area (Å²) in [7, 11) is 0. The number of likely N-dealkylation sites (tertiary alicyclic amines) is 1.